The molecule has 0 aromatic carbocycles. The van der Waals surface area contributed by atoms with Gasteiger partial charge in [-0.15, -0.1) is 0 Å². The highest BCUT2D eigenvalue weighted by Crippen LogP contribution is 2.23. The van der Waals surface area contributed by atoms with E-state index in [9.17, 15) is 9.18 Å². The lowest BCUT2D eigenvalue weighted by Crippen LogP contribution is -2.37. The maximum Gasteiger partial charge on any atom is 0.257 e. The minimum Gasteiger partial charge on any atom is -0.337 e. The summed E-state index contributed by atoms with van der Waals surface area (Å²) in [6.07, 6.45) is 4.48. The number of amides is 1. The third-order valence-corrected chi connectivity index (χ3v) is 4.44. The smallest absolute Gasteiger partial charge is 0.257 e. The summed E-state index contributed by atoms with van der Waals surface area (Å²) in [5.74, 6) is -0.753. The molecule has 108 valence electrons. The first-order valence-corrected chi connectivity index (χ1v) is 7.37. The second-order valence-corrected chi connectivity index (χ2v) is 5.79. The molecule has 3 heterocycles. The Bertz CT molecular complexity index is 519. The van der Waals surface area contributed by atoms with Crippen LogP contribution in [-0.2, 0) is 0 Å². The molecule has 4 nitrogen and oxygen atoms in total. The number of hydrogen-bond acceptors (Lipinski definition) is 3. The van der Waals surface area contributed by atoms with Gasteiger partial charge in [-0.25, -0.2) is 9.37 Å². The van der Waals surface area contributed by atoms with E-state index in [1.165, 1.54) is 18.9 Å². The number of hydrogen-bond donors (Lipinski definition) is 0. The van der Waals surface area contributed by atoms with Gasteiger partial charge in [0.1, 0.15) is 11.0 Å². The number of aromatic nitrogens is 1. The monoisotopic (exact) mass is 297 g/mol. The van der Waals surface area contributed by atoms with Crippen LogP contribution in [0.5, 0.6) is 0 Å². The van der Waals surface area contributed by atoms with E-state index < -0.39 is 5.82 Å². The summed E-state index contributed by atoms with van der Waals surface area (Å²) in [7, 11) is 0. The minimum absolute atomic E-state index is 0.0704. The van der Waals surface area contributed by atoms with Crippen LogP contribution in [0.3, 0.4) is 0 Å². The van der Waals surface area contributed by atoms with Gasteiger partial charge >= 0.3 is 0 Å². The number of nitrogens with zero attached hydrogens (tertiary/aromatic N) is 3. The molecule has 0 N–H and O–H groups in total. The second-order valence-electron chi connectivity index (χ2n) is 5.43. The topological polar surface area (TPSA) is 36.4 Å². The zero-order valence-electron chi connectivity index (χ0n) is 11.2. The Labute approximate surface area is 122 Å². The molecule has 0 spiro atoms. The van der Waals surface area contributed by atoms with E-state index in [1.54, 1.807) is 4.90 Å². The van der Waals surface area contributed by atoms with Crippen LogP contribution >= 0.6 is 11.6 Å². The highest BCUT2D eigenvalue weighted by atomic mass is 35.5. The highest BCUT2D eigenvalue weighted by molar-refractivity contribution is 6.32. The van der Waals surface area contributed by atoms with Gasteiger partial charge in [0, 0.05) is 19.1 Å². The number of carbonyl (C=O) groups excluding carboxylic acids is 1. The molecule has 1 unspecified atom stereocenters. The largest absolute Gasteiger partial charge is 0.337 e. The van der Waals surface area contributed by atoms with Gasteiger partial charge < -0.3 is 4.90 Å². The van der Waals surface area contributed by atoms with Crippen molar-refractivity contribution in [2.24, 2.45) is 0 Å². The van der Waals surface area contributed by atoms with Crippen LogP contribution in [0.2, 0.25) is 5.15 Å². The molecular weight excluding hydrogens is 281 g/mol. The van der Waals surface area contributed by atoms with Crippen molar-refractivity contribution in [2.45, 2.75) is 25.3 Å². The fourth-order valence-corrected chi connectivity index (χ4v) is 3.26. The van der Waals surface area contributed by atoms with E-state index in [2.05, 4.69) is 9.88 Å². The molecule has 1 amide bonds. The normalized spacial score (nSPS) is 23.5. The van der Waals surface area contributed by atoms with Crippen LogP contribution in [0.4, 0.5) is 4.39 Å². The van der Waals surface area contributed by atoms with Crippen LogP contribution in [-0.4, -0.2) is 52.9 Å². The van der Waals surface area contributed by atoms with Crippen molar-refractivity contribution in [1.82, 2.24) is 14.8 Å². The standard InChI is InChI=1S/C14H17ClFN3O/c15-13-12(7-10(16)8-17-13)14(20)19-6-3-11(9-19)18-4-1-2-5-18/h7-8,11H,1-6,9H2. The first-order chi connectivity index (χ1) is 9.65. The van der Waals surface area contributed by atoms with Crippen LogP contribution in [0.25, 0.3) is 0 Å². The number of pyridine rings is 1. The number of rotatable bonds is 2. The van der Waals surface area contributed by atoms with Crippen molar-refractivity contribution in [3.05, 3.63) is 28.8 Å². The zero-order chi connectivity index (χ0) is 14.1. The second kappa shape index (κ2) is 5.66. The van der Waals surface area contributed by atoms with Gasteiger partial charge in [-0.1, -0.05) is 11.6 Å². The lowest BCUT2D eigenvalue weighted by molar-refractivity contribution is 0.0779. The predicted octanol–water partition coefficient (Wildman–Crippen LogP) is 2.18. The average molecular weight is 298 g/mol. The molecule has 1 aromatic rings. The number of halogens is 2. The molecule has 2 fully saturated rings. The van der Waals surface area contributed by atoms with Crippen molar-refractivity contribution < 1.29 is 9.18 Å². The minimum atomic E-state index is -0.534. The van der Waals surface area contributed by atoms with Crippen molar-refractivity contribution in [2.75, 3.05) is 26.2 Å². The van der Waals surface area contributed by atoms with E-state index in [4.69, 9.17) is 11.6 Å². The third kappa shape index (κ3) is 2.65. The molecule has 3 rings (SSSR count). The Morgan fingerprint density at radius 3 is 2.85 bits per heavy atom. The first-order valence-electron chi connectivity index (χ1n) is 6.99. The summed E-state index contributed by atoms with van der Waals surface area (Å²) in [5, 5.41) is 0.0704. The van der Waals surface area contributed by atoms with Crippen molar-refractivity contribution in [3.8, 4) is 0 Å². The average Bonchev–Trinajstić information content (AvgIpc) is 3.10. The third-order valence-electron chi connectivity index (χ3n) is 4.14. The number of likely N-dealkylation sites (tertiary alicyclic amines) is 2. The molecule has 0 aliphatic carbocycles. The Morgan fingerprint density at radius 1 is 1.35 bits per heavy atom. The fourth-order valence-electron chi connectivity index (χ4n) is 3.07. The van der Waals surface area contributed by atoms with Gasteiger partial charge in [-0.05, 0) is 38.4 Å². The molecule has 1 aromatic heterocycles. The molecule has 20 heavy (non-hydrogen) atoms. The van der Waals surface area contributed by atoms with Gasteiger partial charge in [0.25, 0.3) is 5.91 Å². The predicted molar refractivity (Wildman–Crippen MR) is 74.3 cm³/mol. The molecule has 0 bridgehead atoms. The summed E-state index contributed by atoms with van der Waals surface area (Å²) in [4.78, 5) is 20.3. The molecule has 2 saturated heterocycles. The van der Waals surface area contributed by atoms with Crippen molar-refractivity contribution >= 4 is 17.5 Å². The van der Waals surface area contributed by atoms with Crippen LogP contribution in [0.15, 0.2) is 12.3 Å². The number of carbonyl (C=O) groups is 1. The van der Waals surface area contributed by atoms with E-state index in [-0.39, 0.29) is 16.6 Å². The molecule has 0 radical (unpaired) electrons. The summed E-state index contributed by atoms with van der Waals surface area (Å²) in [6, 6.07) is 1.60. The van der Waals surface area contributed by atoms with E-state index in [1.807, 2.05) is 0 Å². The summed E-state index contributed by atoms with van der Waals surface area (Å²) >= 11 is 5.90. The Kier molecular flexibility index (Phi) is 3.89. The van der Waals surface area contributed by atoms with E-state index >= 15 is 0 Å². The molecular formula is C14H17ClFN3O. The first kappa shape index (κ1) is 13.8. The van der Waals surface area contributed by atoms with Gasteiger partial charge in [0.2, 0.25) is 0 Å². The molecule has 2 aliphatic heterocycles. The quantitative estimate of drug-likeness (QED) is 0.785. The molecule has 6 heteroatoms. The van der Waals surface area contributed by atoms with Crippen LogP contribution in [0, 0.1) is 5.82 Å². The molecule has 1 atom stereocenters. The van der Waals surface area contributed by atoms with E-state index in [0.717, 1.165) is 25.7 Å². The SMILES string of the molecule is O=C(c1cc(F)cnc1Cl)N1CCC(N2CCCC2)C1. The lowest BCUT2D eigenvalue weighted by atomic mass is 10.2. The van der Waals surface area contributed by atoms with Crippen LogP contribution in [0.1, 0.15) is 29.6 Å². The van der Waals surface area contributed by atoms with Gasteiger partial charge in [-0.2, -0.15) is 0 Å². The summed E-state index contributed by atoms with van der Waals surface area (Å²) < 4.78 is 13.2. The van der Waals surface area contributed by atoms with Crippen molar-refractivity contribution in [1.29, 1.82) is 0 Å². The maximum atomic E-state index is 13.2. The summed E-state index contributed by atoms with van der Waals surface area (Å²) in [5.41, 5.74) is 0.161. The van der Waals surface area contributed by atoms with Gasteiger partial charge in [0.15, 0.2) is 0 Å². The Hall–Kier alpha value is -1.20. The Morgan fingerprint density at radius 2 is 2.10 bits per heavy atom. The molecule has 2 aliphatic rings. The zero-order valence-corrected chi connectivity index (χ0v) is 11.9. The van der Waals surface area contributed by atoms with Crippen LogP contribution < -0.4 is 0 Å². The fraction of sp³-hybridized carbons (Fsp3) is 0.571. The van der Waals surface area contributed by atoms with Crippen molar-refractivity contribution in [3.63, 3.8) is 0 Å². The Balaban J connectivity index is 1.70. The highest BCUT2D eigenvalue weighted by Gasteiger charge is 2.32. The van der Waals surface area contributed by atoms with Gasteiger partial charge in [0.05, 0.1) is 11.8 Å². The lowest BCUT2D eigenvalue weighted by Gasteiger charge is -2.23. The molecule has 0 saturated carbocycles. The van der Waals surface area contributed by atoms with E-state index in [0.29, 0.717) is 19.1 Å². The van der Waals surface area contributed by atoms with Gasteiger partial charge in [-0.3, -0.25) is 9.69 Å². The maximum absolute atomic E-state index is 13.2. The summed E-state index contributed by atoms with van der Waals surface area (Å²) in [6.45, 7) is 3.64.